The van der Waals surface area contributed by atoms with Crippen molar-refractivity contribution in [2.24, 2.45) is 4.99 Å². The fraction of sp³-hybridized carbons (Fsp3) is 0.333. The molecular weight excluding hydrogens is 404 g/mol. The summed E-state index contributed by atoms with van der Waals surface area (Å²) in [4.78, 5) is 11.7. The van der Waals surface area contributed by atoms with Crippen molar-refractivity contribution in [3.63, 3.8) is 0 Å². The van der Waals surface area contributed by atoms with Gasteiger partial charge >= 0.3 is 0 Å². The van der Waals surface area contributed by atoms with Crippen LogP contribution >= 0.6 is 11.3 Å². The van der Waals surface area contributed by atoms with E-state index in [4.69, 9.17) is 4.99 Å². The van der Waals surface area contributed by atoms with Crippen molar-refractivity contribution >= 4 is 37.5 Å². The zero-order valence-corrected chi connectivity index (χ0v) is 17.8. The molecule has 0 aliphatic carbocycles. The van der Waals surface area contributed by atoms with Gasteiger partial charge in [0.1, 0.15) is 0 Å². The van der Waals surface area contributed by atoms with Crippen molar-refractivity contribution in [2.45, 2.75) is 19.6 Å². The predicted molar refractivity (Wildman–Crippen MR) is 116 cm³/mol. The molecule has 0 radical (unpaired) electrons. The molecule has 2 aliphatic rings. The summed E-state index contributed by atoms with van der Waals surface area (Å²) in [7, 11) is -2.85. The van der Waals surface area contributed by atoms with Crippen LogP contribution in [0.25, 0.3) is 16.3 Å². The van der Waals surface area contributed by atoms with E-state index in [1.807, 2.05) is 12.4 Å². The van der Waals surface area contributed by atoms with Crippen LogP contribution in [0, 0.1) is 6.92 Å². The van der Waals surface area contributed by atoms with E-state index in [1.54, 1.807) is 11.3 Å². The zero-order valence-electron chi connectivity index (χ0n) is 16.1. The van der Waals surface area contributed by atoms with Crippen LogP contribution in [0.15, 0.2) is 40.8 Å². The van der Waals surface area contributed by atoms with Gasteiger partial charge in [0, 0.05) is 47.3 Å². The highest BCUT2D eigenvalue weighted by Gasteiger charge is 2.22. The molecule has 6 nitrogen and oxygen atoms in total. The van der Waals surface area contributed by atoms with Gasteiger partial charge < -0.3 is 5.32 Å². The van der Waals surface area contributed by atoms with E-state index in [2.05, 4.69) is 51.8 Å². The maximum atomic E-state index is 11.6. The number of pyridine rings is 1. The summed E-state index contributed by atoms with van der Waals surface area (Å²) in [6.45, 7) is 4.05. The number of benzene rings is 1. The second-order valence-corrected chi connectivity index (χ2v) is 10.9. The standard InChI is InChI=1S/C21H22N4O2S2/c1-14-8-15(13-25-3-6-29(26,27)7-4-25)9-17-12-23-21(24-20(14)17)18-10-19-16(11-22-18)2-5-28-19/h2,5,8-12,21,23H,3-4,6-7,13H2,1H3. The van der Waals surface area contributed by atoms with Crippen LogP contribution in [0.3, 0.4) is 0 Å². The first-order chi connectivity index (χ1) is 14.0. The molecule has 1 unspecified atom stereocenters. The van der Waals surface area contributed by atoms with Crippen molar-refractivity contribution in [3.05, 3.63) is 63.2 Å². The first kappa shape index (κ1) is 18.7. The summed E-state index contributed by atoms with van der Waals surface area (Å²) in [6.07, 6.45) is 3.73. The van der Waals surface area contributed by atoms with Crippen LogP contribution < -0.4 is 15.9 Å². The summed E-state index contributed by atoms with van der Waals surface area (Å²) in [5.74, 6) is 0.506. The Morgan fingerprint density at radius 2 is 2.07 bits per heavy atom. The third-order valence-corrected chi connectivity index (χ3v) is 8.02. The molecule has 2 aromatic heterocycles. The van der Waals surface area contributed by atoms with Crippen LogP contribution in [-0.4, -0.2) is 42.9 Å². The second kappa shape index (κ2) is 7.19. The molecule has 0 amide bonds. The van der Waals surface area contributed by atoms with Crippen LogP contribution in [-0.2, 0) is 16.4 Å². The average molecular weight is 427 g/mol. The lowest BCUT2D eigenvalue weighted by Gasteiger charge is -2.26. The minimum Gasteiger partial charge on any atom is -0.364 e. The number of hydrogen-bond acceptors (Lipinski definition) is 7. The lowest BCUT2D eigenvalue weighted by atomic mass is 10.1. The van der Waals surface area contributed by atoms with Crippen molar-refractivity contribution in [2.75, 3.05) is 24.6 Å². The fourth-order valence-electron chi connectivity index (χ4n) is 3.93. The van der Waals surface area contributed by atoms with Gasteiger partial charge in [-0.3, -0.25) is 14.9 Å². The van der Waals surface area contributed by atoms with E-state index in [-0.39, 0.29) is 17.7 Å². The molecule has 1 N–H and O–H groups in total. The van der Waals surface area contributed by atoms with E-state index in [0.29, 0.717) is 13.1 Å². The van der Waals surface area contributed by atoms with Crippen molar-refractivity contribution < 1.29 is 8.42 Å². The minimum absolute atomic E-state index is 0.189. The normalized spacial score (nSPS) is 21.1. The first-order valence-electron chi connectivity index (χ1n) is 9.66. The van der Waals surface area contributed by atoms with Gasteiger partial charge in [-0.05, 0) is 41.6 Å². The molecule has 1 fully saturated rings. The predicted octanol–water partition coefficient (Wildman–Crippen LogP) is 1.49. The number of aromatic nitrogens is 1. The molecule has 8 heteroatoms. The Hall–Kier alpha value is -2.29. The van der Waals surface area contributed by atoms with Gasteiger partial charge in [-0.15, -0.1) is 11.3 Å². The molecule has 0 spiro atoms. The molecule has 0 saturated carbocycles. The third-order valence-electron chi connectivity index (χ3n) is 5.53. The van der Waals surface area contributed by atoms with Gasteiger partial charge in [-0.2, -0.15) is 0 Å². The van der Waals surface area contributed by atoms with Crippen molar-refractivity contribution in [1.82, 2.24) is 15.2 Å². The van der Waals surface area contributed by atoms with Crippen molar-refractivity contribution in [1.29, 1.82) is 0 Å². The van der Waals surface area contributed by atoms with Gasteiger partial charge in [-0.1, -0.05) is 6.07 Å². The Labute approximate surface area is 173 Å². The molecule has 3 aromatic rings. The number of nitrogens with one attached hydrogen (secondary N) is 1. The van der Waals surface area contributed by atoms with E-state index in [9.17, 15) is 8.42 Å². The molecule has 0 bridgehead atoms. The molecule has 1 aromatic carbocycles. The average Bonchev–Trinajstić information content (AvgIpc) is 3.17. The molecular formula is C21H22N4O2S2. The largest absolute Gasteiger partial charge is 0.364 e. The number of rotatable bonds is 3. The maximum Gasteiger partial charge on any atom is 0.162 e. The quantitative estimate of drug-likeness (QED) is 0.687. The molecule has 29 heavy (non-hydrogen) atoms. The molecule has 2 aliphatic heterocycles. The maximum absolute atomic E-state index is 11.6. The van der Waals surface area contributed by atoms with Gasteiger partial charge in [0.15, 0.2) is 16.0 Å². The van der Waals surface area contributed by atoms with Gasteiger partial charge in [0.2, 0.25) is 0 Å². The molecule has 150 valence electrons. The molecule has 1 atom stereocenters. The zero-order chi connectivity index (χ0) is 20.0. The molecule has 4 heterocycles. The minimum atomic E-state index is -2.85. The Morgan fingerprint density at radius 3 is 2.90 bits per heavy atom. The summed E-state index contributed by atoms with van der Waals surface area (Å²) in [5, 5.41) is 8.67. The second-order valence-electron chi connectivity index (χ2n) is 7.69. The Balaban J connectivity index is 1.41. The monoisotopic (exact) mass is 426 g/mol. The lowest BCUT2D eigenvalue weighted by Crippen LogP contribution is -2.41. The lowest BCUT2D eigenvalue weighted by molar-refractivity contribution is 0.287. The molecule has 1 saturated heterocycles. The summed E-state index contributed by atoms with van der Waals surface area (Å²) in [6, 6.07) is 8.49. The number of thiophene rings is 1. The highest BCUT2D eigenvalue weighted by atomic mass is 32.2. The summed E-state index contributed by atoms with van der Waals surface area (Å²) < 4.78 is 24.5. The van der Waals surface area contributed by atoms with Crippen molar-refractivity contribution in [3.8, 4) is 0 Å². The van der Waals surface area contributed by atoms with E-state index >= 15 is 0 Å². The van der Waals surface area contributed by atoms with E-state index in [0.717, 1.165) is 33.8 Å². The third kappa shape index (κ3) is 3.80. The Kier molecular flexibility index (Phi) is 4.64. The Bertz CT molecular complexity index is 1300. The highest BCUT2D eigenvalue weighted by molar-refractivity contribution is 7.91. The summed E-state index contributed by atoms with van der Waals surface area (Å²) >= 11 is 1.71. The number of nitrogens with zero attached hydrogens (tertiary/aromatic N) is 3. The molecule has 5 rings (SSSR count). The van der Waals surface area contributed by atoms with Crippen LogP contribution in [0.1, 0.15) is 23.0 Å². The van der Waals surface area contributed by atoms with Gasteiger partial charge in [0.25, 0.3) is 0 Å². The van der Waals surface area contributed by atoms with E-state index in [1.165, 1.54) is 10.3 Å². The number of hydrogen-bond donors (Lipinski definition) is 1. The van der Waals surface area contributed by atoms with Gasteiger partial charge in [0.05, 0.1) is 22.6 Å². The number of fused-ring (bicyclic) bond motifs is 2. The van der Waals surface area contributed by atoms with Gasteiger partial charge in [-0.25, -0.2) is 8.42 Å². The SMILES string of the molecule is Cc1cc(CN2CCS(=O)(=O)CC2)cc2c1=NC(c1cc3sccc3cn1)NC=2. The smallest absolute Gasteiger partial charge is 0.162 e. The Morgan fingerprint density at radius 1 is 1.24 bits per heavy atom. The van der Waals surface area contributed by atoms with E-state index < -0.39 is 9.84 Å². The van der Waals surface area contributed by atoms with Crippen LogP contribution in [0.4, 0.5) is 0 Å². The van der Waals surface area contributed by atoms with Crippen LogP contribution in [0.5, 0.6) is 0 Å². The highest BCUT2D eigenvalue weighted by Crippen LogP contribution is 2.23. The van der Waals surface area contributed by atoms with Crippen LogP contribution in [0.2, 0.25) is 0 Å². The topological polar surface area (TPSA) is 74.7 Å². The first-order valence-corrected chi connectivity index (χ1v) is 12.4. The fourth-order valence-corrected chi connectivity index (χ4v) is 6.02. The summed E-state index contributed by atoms with van der Waals surface area (Å²) in [5.41, 5.74) is 3.23. The number of sulfone groups is 1. The number of aryl methyl sites for hydroxylation is 1.